The van der Waals surface area contributed by atoms with Crippen molar-refractivity contribution in [2.75, 3.05) is 11.9 Å². The van der Waals surface area contributed by atoms with Gasteiger partial charge in [0.25, 0.3) is 11.8 Å². The Labute approximate surface area is 176 Å². The van der Waals surface area contributed by atoms with E-state index in [1.54, 1.807) is 24.3 Å². The van der Waals surface area contributed by atoms with Gasteiger partial charge in [-0.05, 0) is 55.2 Å². The zero-order chi connectivity index (χ0) is 21.0. The lowest BCUT2D eigenvalue weighted by atomic mass is 9.79. The maximum absolute atomic E-state index is 12.9. The molecule has 5 nitrogen and oxygen atoms in total. The lowest BCUT2D eigenvalue weighted by molar-refractivity contribution is 0.0941. The van der Waals surface area contributed by atoms with Crippen LogP contribution in [0.5, 0.6) is 0 Å². The number of furan rings is 1. The molecule has 1 aliphatic carbocycles. The highest BCUT2D eigenvalue weighted by atomic mass is 16.3. The molecule has 1 saturated carbocycles. The van der Waals surface area contributed by atoms with Crippen molar-refractivity contribution in [2.45, 2.75) is 38.0 Å². The highest BCUT2D eigenvalue weighted by Crippen LogP contribution is 2.40. The molecule has 3 aromatic rings. The molecular weight excluding hydrogens is 376 g/mol. The molecule has 0 unspecified atom stereocenters. The summed E-state index contributed by atoms with van der Waals surface area (Å²) < 4.78 is 5.14. The van der Waals surface area contributed by atoms with Gasteiger partial charge in [-0.2, -0.15) is 0 Å². The summed E-state index contributed by atoms with van der Waals surface area (Å²) in [6.45, 7) is 2.50. The second kappa shape index (κ2) is 8.57. The minimum Gasteiger partial charge on any atom is -0.459 e. The highest BCUT2D eigenvalue weighted by molar-refractivity contribution is 6.03. The second-order valence-corrected chi connectivity index (χ2v) is 8.00. The Kier molecular flexibility index (Phi) is 5.70. The average molecular weight is 402 g/mol. The number of amides is 2. The Hall–Kier alpha value is -3.34. The van der Waals surface area contributed by atoms with Crippen molar-refractivity contribution in [3.63, 3.8) is 0 Å². The maximum Gasteiger partial charge on any atom is 0.291 e. The van der Waals surface area contributed by atoms with Crippen molar-refractivity contribution in [1.82, 2.24) is 5.32 Å². The summed E-state index contributed by atoms with van der Waals surface area (Å²) in [6, 6.07) is 19.1. The van der Waals surface area contributed by atoms with Crippen LogP contribution in [0.1, 0.15) is 57.7 Å². The van der Waals surface area contributed by atoms with E-state index in [0.29, 0.717) is 17.8 Å². The first-order chi connectivity index (χ1) is 14.6. The molecule has 0 bridgehead atoms. The highest BCUT2D eigenvalue weighted by Gasteiger charge is 2.35. The molecule has 2 aromatic carbocycles. The molecule has 30 heavy (non-hydrogen) atoms. The zero-order valence-electron chi connectivity index (χ0n) is 17.1. The first-order valence-corrected chi connectivity index (χ1v) is 10.4. The fourth-order valence-electron chi connectivity index (χ4n) is 4.25. The molecule has 154 valence electrons. The van der Waals surface area contributed by atoms with Gasteiger partial charge in [0, 0.05) is 23.2 Å². The number of hydrogen-bond donors (Lipinski definition) is 2. The Balaban J connectivity index is 1.47. The van der Waals surface area contributed by atoms with Crippen LogP contribution < -0.4 is 10.6 Å². The van der Waals surface area contributed by atoms with Gasteiger partial charge < -0.3 is 15.1 Å². The van der Waals surface area contributed by atoms with E-state index in [0.717, 1.165) is 18.4 Å². The van der Waals surface area contributed by atoms with Crippen LogP contribution in [-0.4, -0.2) is 18.4 Å². The van der Waals surface area contributed by atoms with E-state index in [2.05, 4.69) is 34.9 Å². The van der Waals surface area contributed by atoms with Crippen LogP contribution in [0.4, 0.5) is 5.69 Å². The standard InChI is InChI=1S/C25H26N2O3/c1-18-11-12-19(16-21(18)27-24(29)22-10-7-15-30-22)23(28)26-17-25(13-5-6-14-25)20-8-3-2-4-9-20/h2-4,7-12,15-16H,5-6,13-14,17H2,1H3,(H,26,28)(H,27,29). The summed E-state index contributed by atoms with van der Waals surface area (Å²) >= 11 is 0. The minimum absolute atomic E-state index is 0.00203. The van der Waals surface area contributed by atoms with Gasteiger partial charge in [-0.25, -0.2) is 0 Å². The van der Waals surface area contributed by atoms with E-state index in [9.17, 15) is 9.59 Å². The largest absolute Gasteiger partial charge is 0.459 e. The summed E-state index contributed by atoms with van der Waals surface area (Å²) in [7, 11) is 0. The van der Waals surface area contributed by atoms with Gasteiger partial charge >= 0.3 is 0 Å². The Morgan fingerprint density at radius 1 is 0.967 bits per heavy atom. The van der Waals surface area contributed by atoms with Gasteiger partial charge in [-0.3, -0.25) is 9.59 Å². The number of nitrogens with one attached hydrogen (secondary N) is 2. The number of aryl methyl sites for hydroxylation is 1. The van der Waals surface area contributed by atoms with Gasteiger partial charge in [0.05, 0.1) is 6.26 Å². The number of anilines is 1. The van der Waals surface area contributed by atoms with Gasteiger partial charge in [0.15, 0.2) is 5.76 Å². The Bertz CT molecular complexity index is 1020. The number of carbonyl (C=O) groups is 2. The summed E-state index contributed by atoms with van der Waals surface area (Å²) in [4.78, 5) is 25.2. The van der Waals surface area contributed by atoms with Crippen LogP contribution in [0.15, 0.2) is 71.3 Å². The third-order valence-corrected chi connectivity index (χ3v) is 6.03. The first-order valence-electron chi connectivity index (χ1n) is 10.4. The molecule has 0 saturated heterocycles. The lowest BCUT2D eigenvalue weighted by Gasteiger charge is -2.30. The van der Waals surface area contributed by atoms with Crippen molar-refractivity contribution < 1.29 is 14.0 Å². The monoisotopic (exact) mass is 402 g/mol. The predicted octanol–water partition coefficient (Wildman–Crippen LogP) is 5.08. The van der Waals surface area contributed by atoms with Crippen molar-refractivity contribution in [2.24, 2.45) is 0 Å². The second-order valence-electron chi connectivity index (χ2n) is 8.00. The maximum atomic E-state index is 12.9. The number of hydrogen-bond acceptors (Lipinski definition) is 3. The average Bonchev–Trinajstić information content (AvgIpc) is 3.47. The number of rotatable bonds is 6. The molecule has 0 radical (unpaired) electrons. The van der Waals surface area contributed by atoms with Crippen molar-refractivity contribution in [3.8, 4) is 0 Å². The van der Waals surface area contributed by atoms with Crippen molar-refractivity contribution in [3.05, 3.63) is 89.4 Å². The van der Waals surface area contributed by atoms with Gasteiger partial charge in [0.2, 0.25) is 0 Å². The number of benzene rings is 2. The van der Waals surface area contributed by atoms with Crippen LogP contribution in [0.25, 0.3) is 0 Å². The van der Waals surface area contributed by atoms with Gasteiger partial charge in [0.1, 0.15) is 0 Å². The molecule has 1 heterocycles. The summed E-state index contributed by atoms with van der Waals surface area (Å²) in [6.07, 6.45) is 5.97. The molecule has 2 N–H and O–H groups in total. The normalized spacial score (nSPS) is 15.0. The van der Waals surface area contributed by atoms with Crippen molar-refractivity contribution in [1.29, 1.82) is 0 Å². The van der Waals surface area contributed by atoms with E-state index < -0.39 is 0 Å². The fraction of sp³-hybridized carbons (Fsp3) is 0.280. The molecule has 5 heteroatoms. The SMILES string of the molecule is Cc1ccc(C(=O)NCC2(c3ccccc3)CCCC2)cc1NC(=O)c1ccco1. The van der Waals surface area contributed by atoms with Crippen LogP contribution in [0.2, 0.25) is 0 Å². The smallest absolute Gasteiger partial charge is 0.291 e. The molecule has 0 atom stereocenters. The number of carbonyl (C=O) groups excluding carboxylic acids is 2. The van der Waals surface area contributed by atoms with Gasteiger partial charge in [-0.15, -0.1) is 0 Å². The Morgan fingerprint density at radius 2 is 1.73 bits per heavy atom. The van der Waals surface area contributed by atoms with Crippen LogP contribution >= 0.6 is 0 Å². The molecule has 0 aliphatic heterocycles. The van der Waals surface area contributed by atoms with E-state index in [1.165, 1.54) is 24.7 Å². The lowest BCUT2D eigenvalue weighted by Crippen LogP contribution is -2.39. The van der Waals surface area contributed by atoms with Crippen LogP contribution in [0, 0.1) is 6.92 Å². The van der Waals surface area contributed by atoms with E-state index >= 15 is 0 Å². The predicted molar refractivity (Wildman–Crippen MR) is 117 cm³/mol. The summed E-state index contributed by atoms with van der Waals surface area (Å²) in [5.41, 5.74) is 3.29. The third kappa shape index (κ3) is 4.15. The zero-order valence-corrected chi connectivity index (χ0v) is 17.1. The third-order valence-electron chi connectivity index (χ3n) is 6.03. The fourth-order valence-corrected chi connectivity index (χ4v) is 4.25. The van der Waals surface area contributed by atoms with Crippen LogP contribution in [-0.2, 0) is 5.41 Å². The van der Waals surface area contributed by atoms with Crippen LogP contribution in [0.3, 0.4) is 0 Å². The first kappa shape index (κ1) is 20.0. The quantitative estimate of drug-likeness (QED) is 0.604. The van der Waals surface area contributed by atoms with E-state index in [-0.39, 0.29) is 23.0 Å². The van der Waals surface area contributed by atoms with Gasteiger partial charge in [-0.1, -0.05) is 49.2 Å². The van der Waals surface area contributed by atoms with Crippen molar-refractivity contribution >= 4 is 17.5 Å². The molecule has 0 spiro atoms. The topological polar surface area (TPSA) is 71.3 Å². The van der Waals surface area contributed by atoms with E-state index in [4.69, 9.17) is 4.42 Å². The molecular formula is C25H26N2O3. The minimum atomic E-state index is -0.338. The molecule has 1 aliphatic rings. The molecule has 4 rings (SSSR count). The summed E-state index contributed by atoms with van der Waals surface area (Å²) in [5.74, 6) is -0.240. The summed E-state index contributed by atoms with van der Waals surface area (Å²) in [5, 5.41) is 5.96. The molecule has 1 aromatic heterocycles. The molecule has 1 fully saturated rings. The molecule has 2 amide bonds. The van der Waals surface area contributed by atoms with E-state index in [1.807, 2.05) is 19.1 Å². The Morgan fingerprint density at radius 3 is 2.43 bits per heavy atom.